The van der Waals surface area contributed by atoms with Gasteiger partial charge in [-0.25, -0.2) is 18.2 Å². The van der Waals surface area contributed by atoms with Gasteiger partial charge in [-0.2, -0.15) is 9.57 Å². The lowest BCUT2D eigenvalue weighted by Crippen LogP contribution is -2.33. The predicted octanol–water partition coefficient (Wildman–Crippen LogP) is 4.53. The summed E-state index contributed by atoms with van der Waals surface area (Å²) in [7, 11) is -4.21. The first-order valence-electron chi connectivity index (χ1n) is 12.1. The van der Waals surface area contributed by atoms with Crippen LogP contribution in [0.2, 0.25) is 0 Å². The van der Waals surface area contributed by atoms with E-state index >= 15 is 0 Å². The van der Waals surface area contributed by atoms with E-state index in [1.165, 1.54) is 27.8 Å². The minimum absolute atomic E-state index is 0.0218. The highest BCUT2D eigenvalue weighted by Crippen LogP contribution is 2.30. The van der Waals surface area contributed by atoms with Crippen LogP contribution in [0, 0.1) is 18.3 Å². The van der Waals surface area contributed by atoms with Crippen LogP contribution in [-0.4, -0.2) is 48.5 Å². The Morgan fingerprint density at radius 3 is 2.63 bits per heavy atom. The highest BCUT2D eigenvalue weighted by molar-refractivity contribution is 7.89. The van der Waals surface area contributed by atoms with E-state index in [0.29, 0.717) is 17.0 Å². The fourth-order valence-corrected chi connectivity index (χ4v) is 5.85. The highest BCUT2D eigenvalue weighted by Gasteiger charge is 2.29. The van der Waals surface area contributed by atoms with Crippen molar-refractivity contribution in [2.45, 2.75) is 51.5 Å². The molecule has 9 nitrogen and oxygen atoms in total. The molecule has 3 rings (SSSR count). The van der Waals surface area contributed by atoms with E-state index in [4.69, 9.17) is 9.47 Å². The van der Waals surface area contributed by atoms with E-state index in [2.05, 4.69) is 4.98 Å². The Kier molecular flexibility index (Phi) is 9.85. The second kappa shape index (κ2) is 12.9. The fourth-order valence-electron chi connectivity index (χ4n) is 3.73. The number of aryl methyl sites for hydroxylation is 1. The van der Waals surface area contributed by atoms with Gasteiger partial charge in [0.15, 0.2) is 6.61 Å². The summed E-state index contributed by atoms with van der Waals surface area (Å²) in [6.45, 7) is 7.61. The van der Waals surface area contributed by atoms with Crippen LogP contribution < -0.4 is 4.74 Å². The number of ether oxygens (including phenoxy) is 2. The van der Waals surface area contributed by atoms with Gasteiger partial charge in [-0.05, 0) is 61.6 Å². The van der Waals surface area contributed by atoms with Crippen molar-refractivity contribution < 1.29 is 27.8 Å². The Morgan fingerprint density at radius 1 is 1.24 bits per heavy atom. The van der Waals surface area contributed by atoms with E-state index in [0.717, 1.165) is 16.6 Å². The zero-order valence-electron chi connectivity index (χ0n) is 21.8. The van der Waals surface area contributed by atoms with Crippen LogP contribution in [0.1, 0.15) is 54.1 Å². The summed E-state index contributed by atoms with van der Waals surface area (Å²) < 4.78 is 39.4. The maximum atomic E-state index is 13.7. The Morgan fingerprint density at radius 2 is 2.00 bits per heavy atom. The van der Waals surface area contributed by atoms with Gasteiger partial charge in [-0.1, -0.05) is 26.0 Å². The van der Waals surface area contributed by atoms with Crippen molar-refractivity contribution in [1.82, 2.24) is 9.29 Å². The van der Waals surface area contributed by atoms with Gasteiger partial charge >= 0.3 is 5.97 Å². The minimum Gasteiger partial charge on any atom is -0.507 e. The molecule has 1 N–H and O–H groups in total. The molecule has 0 unspecified atom stereocenters. The summed E-state index contributed by atoms with van der Waals surface area (Å²) in [5.74, 6) is -0.248. The van der Waals surface area contributed by atoms with Crippen LogP contribution in [0.3, 0.4) is 0 Å². The van der Waals surface area contributed by atoms with Crippen molar-refractivity contribution in [3.63, 3.8) is 0 Å². The number of aromatic nitrogens is 1. The van der Waals surface area contributed by atoms with Gasteiger partial charge in [0.05, 0.1) is 35.5 Å². The normalized spacial score (nSPS) is 11.5. The van der Waals surface area contributed by atoms with Crippen molar-refractivity contribution in [3.05, 3.63) is 69.2 Å². The van der Waals surface area contributed by atoms with Crippen molar-refractivity contribution in [2.24, 2.45) is 0 Å². The quantitative estimate of drug-likeness (QED) is 0.322. The third kappa shape index (κ3) is 7.31. The summed E-state index contributed by atoms with van der Waals surface area (Å²) in [4.78, 5) is 16.0. The Hall–Kier alpha value is -3.46. The fraction of sp³-hybridized carbons (Fsp3) is 0.370. The number of hydrogen-bond acceptors (Lipinski definition) is 9. The molecule has 0 amide bonds. The molecular formula is C27H31N3O6S2. The second-order valence-electron chi connectivity index (χ2n) is 8.86. The van der Waals surface area contributed by atoms with Crippen LogP contribution in [0.5, 0.6) is 11.5 Å². The molecular weight excluding hydrogens is 526 g/mol. The zero-order chi connectivity index (χ0) is 27.9. The van der Waals surface area contributed by atoms with Gasteiger partial charge in [0.1, 0.15) is 16.4 Å². The van der Waals surface area contributed by atoms with Gasteiger partial charge in [0.25, 0.3) is 0 Å². The van der Waals surface area contributed by atoms with E-state index < -0.39 is 21.7 Å². The molecule has 0 spiro atoms. The van der Waals surface area contributed by atoms with E-state index in [-0.39, 0.29) is 49.1 Å². The molecule has 0 saturated heterocycles. The van der Waals surface area contributed by atoms with Crippen molar-refractivity contribution in [1.29, 1.82) is 5.26 Å². The Labute approximate surface area is 227 Å². The number of carbonyl (C=O) groups excluding carboxylic acids is 1. The topological polar surface area (TPSA) is 130 Å². The molecule has 0 atom stereocenters. The number of sulfonamides is 1. The number of phenolic OH excluding ortho intramolecular Hbond substituents is 1. The maximum Gasteiger partial charge on any atom is 0.344 e. The number of benzene rings is 2. The molecule has 1 aromatic heterocycles. The number of esters is 1. The monoisotopic (exact) mass is 557 g/mol. The number of nitriles is 1. The molecule has 0 saturated carbocycles. The van der Waals surface area contributed by atoms with Crippen LogP contribution in [-0.2, 0) is 32.5 Å². The molecule has 202 valence electrons. The summed E-state index contributed by atoms with van der Waals surface area (Å²) in [6, 6.07) is 11.3. The smallest absolute Gasteiger partial charge is 0.344 e. The molecule has 11 heteroatoms. The Bertz CT molecular complexity index is 1430. The average Bonchev–Trinajstić information content (AvgIpc) is 3.30. The third-order valence-electron chi connectivity index (χ3n) is 5.75. The highest BCUT2D eigenvalue weighted by atomic mass is 32.2. The average molecular weight is 558 g/mol. The van der Waals surface area contributed by atoms with Gasteiger partial charge in [0.2, 0.25) is 10.0 Å². The summed E-state index contributed by atoms with van der Waals surface area (Å²) in [5.41, 5.74) is 2.40. The van der Waals surface area contributed by atoms with E-state index in [1.54, 1.807) is 12.3 Å². The summed E-state index contributed by atoms with van der Waals surface area (Å²) in [6.07, 6.45) is 0.261. The first-order valence-corrected chi connectivity index (χ1v) is 14.4. The van der Waals surface area contributed by atoms with Gasteiger partial charge in [0, 0.05) is 11.9 Å². The van der Waals surface area contributed by atoms with E-state index in [9.17, 15) is 23.6 Å². The molecule has 3 aromatic rings. The van der Waals surface area contributed by atoms with Crippen molar-refractivity contribution in [3.8, 4) is 17.6 Å². The number of thiazole rings is 1. The number of rotatable bonds is 12. The van der Waals surface area contributed by atoms with Crippen LogP contribution in [0.15, 0.2) is 46.7 Å². The number of carbonyl (C=O) groups is 1. The SMILES string of the molecule is CCOC(=O)COc1cc(C(C)C)ccc1CCN(Cc1csc(C)n1)S(=O)(=O)c1cc(C#N)ccc1O. The van der Waals surface area contributed by atoms with Gasteiger partial charge in [-0.3, -0.25) is 0 Å². The third-order valence-corrected chi connectivity index (χ3v) is 8.45. The lowest BCUT2D eigenvalue weighted by Gasteiger charge is -2.23. The van der Waals surface area contributed by atoms with Crippen LogP contribution in [0.4, 0.5) is 0 Å². The van der Waals surface area contributed by atoms with Crippen LogP contribution >= 0.6 is 11.3 Å². The number of phenols is 1. The first kappa shape index (κ1) is 29.1. The molecule has 0 aliphatic rings. The molecule has 2 aromatic carbocycles. The predicted molar refractivity (Wildman–Crippen MR) is 144 cm³/mol. The number of nitrogens with zero attached hydrogens (tertiary/aromatic N) is 3. The summed E-state index contributed by atoms with van der Waals surface area (Å²) in [5, 5.41) is 22.2. The number of hydrogen-bond donors (Lipinski definition) is 1. The molecule has 0 fully saturated rings. The molecule has 0 bridgehead atoms. The lowest BCUT2D eigenvalue weighted by molar-refractivity contribution is -0.145. The summed E-state index contributed by atoms with van der Waals surface area (Å²) >= 11 is 1.41. The minimum atomic E-state index is -4.21. The van der Waals surface area contributed by atoms with Crippen LogP contribution in [0.25, 0.3) is 0 Å². The van der Waals surface area contributed by atoms with E-state index in [1.807, 2.05) is 45.0 Å². The Balaban J connectivity index is 1.95. The van der Waals surface area contributed by atoms with Gasteiger partial charge in [-0.15, -0.1) is 11.3 Å². The van der Waals surface area contributed by atoms with Crippen molar-refractivity contribution in [2.75, 3.05) is 19.8 Å². The molecule has 0 aliphatic carbocycles. The molecule has 0 aliphatic heterocycles. The second-order valence-corrected chi connectivity index (χ2v) is 11.8. The largest absolute Gasteiger partial charge is 0.507 e. The molecule has 1 heterocycles. The number of aromatic hydroxyl groups is 1. The molecule has 0 radical (unpaired) electrons. The lowest BCUT2D eigenvalue weighted by atomic mass is 10.00. The standard InChI is InChI=1S/C27H31N3O6S2/c1-5-35-27(32)16-36-25-13-22(18(2)3)8-7-21(25)10-11-30(15-23-17-37-19(4)29-23)38(33,34)26-12-20(14-28)6-9-24(26)31/h6-9,12-13,17-18,31H,5,10-11,15-16H2,1-4H3. The first-order chi connectivity index (χ1) is 18.0. The molecule has 38 heavy (non-hydrogen) atoms. The maximum absolute atomic E-state index is 13.7. The van der Waals surface area contributed by atoms with Crippen molar-refractivity contribution >= 4 is 27.3 Å². The zero-order valence-corrected chi connectivity index (χ0v) is 23.4. The van der Waals surface area contributed by atoms with Gasteiger partial charge < -0.3 is 14.6 Å².